The zero-order valence-corrected chi connectivity index (χ0v) is 19.0. The number of urea groups is 1. The Morgan fingerprint density at radius 2 is 1.83 bits per heavy atom. The molecule has 0 radical (unpaired) electrons. The third-order valence-corrected chi connectivity index (χ3v) is 7.07. The number of benzene rings is 1. The van der Waals surface area contributed by atoms with Crippen LogP contribution in [-0.4, -0.2) is 56.3 Å². The number of nitrogens with one attached hydrogen (secondary N) is 1. The van der Waals surface area contributed by atoms with Crippen molar-refractivity contribution in [3.63, 3.8) is 0 Å². The number of hydrogen-bond donors (Lipinski definition) is 1. The molecule has 11 nitrogen and oxygen atoms in total. The van der Waals surface area contributed by atoms with Gasteiger partial charge in [-0.3, -0.25) is 29.4 Å². The zero-order valence-electron chi connectivity index (χ0n) is 19.0. The quantitative estimate of drug-likeness (QED) is 0.380. The summed E-state index contributed by atoms with van der Waals surface area (Å²) in [4.78, 5) is 64.0. The van der Waals surface area contributed by atoms with Gasteiger partial charge in [0.15, 0.2) is 0 Å². The minimum absolute atomic E-state index is 0.0269. The molecule has 3 atom stereocenters. The summed E-state index contributed by atoms with van der Waals surface area (Å²) in [6.45, 7) is 1.39. The van der Waals surface area contributed by atoms with Gasteiger partial charge in [-0.1, -0.05) is 30.3 Å². The number of amides is 4. The van der Waals surface area contributed by atoms with E-state index in [1.807, 2.05) is 30.3 Å². The standard InChI is InChI=1S/C24H25N5O6/c30-21(9-6-18-22(31)28(24(33)25-18)12-15-4-2-1-3-5-15)26-11-16-10-17(14-26)19-7-8-20(29(34)35)23(32)27(19)13-16/h1-5,7-8,16-18H,6,9-14H2,(H,25,33). The van der Waals surface area contributed by atoms with Gasteiger partial charge in [0, 0.05) is 43.7 Å². The molecule has 0 saturated carbocycles. The average Bonchev–Trinajstić information content (AvgIpc) is 3.11. The van der Waals surface area contributed by atoms with E-state index in [0.29, 0.717) is 25.3 Å². The number of likely N-dealkylation sites (tertiary alicyclic amines) is 1. The summed E-state index contributed by atoms with van der Waals surface area (Å²) in [5.41, 5.74) is 0.519. The molecule has 2 saturated heterocycles. The van der Waals surface area contributed by atoms with E-state index in [4.69, 9.17) is 0 Å². The number of aromatic nitrogens is 1. The zero-order chi connectivity index (χ0) is 24.7. The highest BCUT2D eigenvalue weighted by atomic mass is 16.6. The van der Waals surface area contributed by atoms with Crippen molar-refractivity contribution < 1.29 is 19.3 Å². The van der Waals surface area contributed by atoms with Gasteiger partial charge in [-0.25, -0.2) is 4.79 Å². The predicted molar refractivity (Wildman–Crippen MR) is 123 cm³/mol. The Morgan fingerprint density at radius 3 is 2.57 bits per heavy atom. The van der Waals surface area contributed by atoms with Crippen molar-refractivity contribution in [2.75, 3.05) is 13.1 Å². The van der Waals surface area contributed by atoms with Crippen molar-refractivity contribution in [3.05, 3.63) is 74.2 Å². The molecule has 4 heterocycles. The Kier molecular flexibility index (Phi) is 5.83. The third-order valence-electron chi connectivity index (χ3n) is 7.07. The molecule has 3 aliphatic rings. The van der Waals surface area contributed by atoms with E-state index in [9.17, 15) is 29.3 Å². The van der Waals surface area contributed by atoms with Crippen LogP contribution in [0.1, 0.15) is 36.4 Å². The van der Waals surface area contributed by atoms with Gasteiger partial charge in [0.05, 0.1) is 11.5 Å². The Hall–Kier alpha value is -4.02. The molecular weight excluding hydrogens is 454 g/mol. The third kappa shape index (κ3) is 4.29. The number of imide groups is 1. The molecule has 35 heavy (non-hydrogen) atoms. The van der Waals surface area contributed by atoms with Crippen LogP contribution in [-0.2, 0) is 22.7 Å². The minimum Gasteiger partial charge on any atom is -0.342 e. The SMILES string of the molecule is O=C(CCC1NC(=O)N(Cc2ccccc2)C1=O)N1CC2CC(C1)c1ccc([N+](=O)[O-])c(=O)n1C2. The summed E-state index contributed by atoms with van der Waals surface area (Å²) in [5.74, 6) is -0.494. The number of nitrogens with zero attached hydrogens (tertiary/aromatic N) is 4. The van der Waals surface area contributed by atoms with Crippen molar-refractivity contribution in [3.8, 4) is 0 Å². The second-order valence-electron chi connectivity index (χ2n) is 9.36. The monoisotopic (exact) mass is 479 g/mol. The number of rotatable bonds is 6. The lowest BCUT2D eigenvalue weighted by Gasteiger charge is -2.42. The van der Waals surface area contributed by atoms with Crippen molar-refractivity contribution in [2.24, 2.45) is 5.92 Å². The first kappa shape index (κ1) is 22.8. The maximum atomic E-state index is 13.0. The van der Waals surface area contributed by atoms with Crippen LogP contribution in [0.4, 0.5) is 10.5 Å². The summed E-state index contributed by atoms with van der Waals surface area (Å²) >= 11 is 0. The molecule has 1 aromatic heterocycles. The van der Waals surface area contributed by atoms with Crippen LogP contribution in [0.15, 0.2) is 47.3 Å². The fraction of sp³-hybridized carbons (Fsp3) is 0.417. The Labute approximate surface area is 200 Å². The lowest BCUT2D eigenvalue weighted by Crippen LogP contribution is -2.49. The van der Waals surface area contributed by atoms with E-state index in [1.165, 1.54) is 15.5 Å². The maximum Gasteiger partial charge on any atom is 0.334 e. The summed E-state index contributed by atoms with van der Waals surface area (Å²) < 4.78 is 1.48. The molecule has 2 bridgehead atoms. The van der Waals surface area contributed by atoms with Crippen LogP contribution < -0.4 is 10.9 Å². The highest BCUT2D eigenvalue weighted by Crippen LogP contribution is 2.36. The van der Waals surface area contributed by atoms with Gasteiger partial charge in [-0.15, -0.1) is 0 Å². The van der Waals surface area contributed by atoms with E-state index in [1.54, 1.807) is 11.0 Å². The summed E-state index contributed by atoms with van der Waals surface area (Å²) in [6, 6.07) is 10.9. The number of pyridine rings is 1. The fourth-order valence-corrected chi connectivity index (χ4v) is 5.39. The van der Waals surface area contributed by atoms with Crippen molar-refractivity contribution >= 4 is 23.5 Å². The van der Waals surface area contributed by atoms with Crippen molar-refractivity contribution in [1.82, 2.24) is 19.7 Å². The molecule has 4 amide bonds. The first-order valence-corrected chi connectivity index (χ1v) is 11.6. The molecule has 1 N–H and O–H groups in total. The number of fused-ring (bicyclic) bond motifs is 4. The van der Waals surface area contributed by atoms with E-state index >= 15 is 0 Å². The number of carbonyl (C=O) groups is 3. The van der Waals surface area contributed by atoms with Crippen LogP contribution in [0, 0.1) is 16.0 Å². The molecule has 2 fully saturated rings. The lowest BCUT2D eigenvalue weighted by atomic mass is 9.83. The van der Waals surface area contributed by atoms with Gasteiger partial charge in [0.25, 0.3) is 5.91 Å². The first-order chi connectivity index (χ1) is 16.8. The van der Waals surface area contributed by atoms with E-state index in [0.717, 1.165) is 12.0 Å². The Morgan fingerprint density at radius 1 is 1.06 bits per heavy atom. The van der Waals surface area contributed by atoms with Crippen LogP contribution in [0.3, 0.4) is 0 Å². The first-order valence-electron chi connectivity index (χ1n) is 11.6. The highest BCUT2D eigenvalue weighted by molar-refractivity contribution is 6.04. The predicted octanol–water partition coefficient (Wildman–Crippen LogP) is 1.60. The summed E-state index contributed by atoms with van der Waals surface area (Å²) in [7, 11) is 0. The van der Waals surface area contributed by atoms with Crippen molar-refractivity contribution in [2.45, 2.75) is 44.3 Å². The molecule has 1 aromatic carbocycles. The van der Waals surface area contributed by atoms with Gasteiger partial charge in [0.2, 0.25) is 5.91 Å². The minimum atomic E-state index is -0.737. The van der Waals surface area contributed by atoms with Crippen LogP contribution in [0.5, 0.6) is 0 Å². The number of hydrogen-bond acceptors (Lipinski definition) is 6. The van der Waals surface area contributed by atoms with Crippen LogP contribution in [0.2, 0.25) is 0 Å². The second kappa shape index (κ2) is 8.97. The van der Waals surface area contributed by atoms with Gasteiger partial charge >= 0.3 is 17.3 Å². The second-order valence-corrected chi connectivity index (χ2v) is 9.36. The topological polar surface area (TPSA) is 135 Å². The smallest absolute Gasteiger partial charge is 0.334 e. The average molecular weight is 479 g/mol. The highest BCUT2D eigenvalue weighted by Gasteiger charge is 2.40. The number of nitro groups is 1. The van der Waals surface area contributed by atoms with E-state index in [2.05, 4.69) is 5.32 Å². The molecule has 0 aliphatic carbocycles. The Balaban J connectivity index is 1.21. The fourth-order valence-electron chi connectivity index (χ4n) is 5.39. The molecule has 11 heteroatoms. The van der Waals surface area contributed by atoms with Gasteiger partial charge in [-0.2, -0.15) is 0 Å². The molecule has 182 valence electrons. The van der Waals surface area contributed by atoms with Gasteiger partial charge < -0.3 is 14.8 Å². The molecule has 5 rings (SSSR count). The Bertz CT molecular complexity index is 1260. The molecule has 3 aliphatic heterocycles. The number of piperidine rings is 1. The summed E-state index contributed by atoms with van der Waals surface area (Å²) in [5, 5.41) is 13.8. The molecule has 0 spiro atoms. The van der Waals surface area contributed by atoms with E-state index in [-0.39, 0.29) is 43.0 Å². The van der Waals surface area contributed by atoms with Crippen molar-refractivity contribution in [1.29, 1.82) is 0 Å². The molecule has 3 unspecified atom stereocenters. The molecule has 2 aromatic rings. The summed E-state index contributed by atoms with van der Waals surface area (Å²) in [6.07, 6.45) is 1.14. The lowest BCUT2D eigenvalue weighted by molar-refractivity contribution is -0.386. The largest absolute Gasteiger partial charge is 0.342 e. The van der Waals surface area contributed by atoms with Gasteiger partial charge in [-0.05, 0) is 30.4 Å². The van der Waals surface area contributed by atoms with E-state index < -0.39 is 28.2 Å². The molecular formula is C24H25N5O6. The number of carbonyl (C=O) groups excluding carboxylic acids is 3. The van der Waals surface area contributed by atoms with Crippen LogP contribution in [0.25, 0.3) is 0 Å². The normalized spacial score (nSPS) is 23.1. The van der Waals surface area contributed by atoms with Crippen LogP contribution >= 0.6 is 0 Å². The maximum absolute atomic E-state index is 13.0. The van der Waals surface area contributed by atoms with Gasteiger partial charge in [0.1, 0.15) is 6.04 Å².